The Morgan fingerprint density at radius 1 is 1.38 bits per heavy atom. The van der Waals surface area contributed by atoms with Gasteiger partial charge in [-0.1, -0.05) is 17.7 Å². The highest BCUT2D eigenvalue weighted by Gasteiger charge is 2.49. The van der Waals surface area contributed by atoms with Gasteiger partial charge in [0, 0.05) is 26.3 Å². The van der Waals surface area contributed by atoms with Crippen LogP contribution in [0.1, 0.15) is 47.1 Å². The number of rotatable bonds is 4. The first-order chi connectivity index (χ1) is 13.4. The summed E-state index contributed by atoms with van der Waals surface area (Å²) in [5.41, 5.74) is -0.368. The summed E-state index contributed by atoms with van der Waals surface area (Å²) < 4.78 is 11.6. The van der Waals surface area contributed by atoms with Gasteiger partial charge in [-0.25, -0.2) is 9.78 Å². The molecule has 0 spiro atoms. The fraction of sp³-hybridized carbons (Fsp3) is 0.650. The lowest BCUT2D eigenvalue weighted by Gasteiger charge is -2.35. The second-order valence-corrected chi connectivity index (χ2v) is 8.87. The van der Waals surface area contributed by atoms with Gasteiger partial charge in [0.05, 0.1) is 12.1 Å². The third kappa shape index (κ3) is 6.47. The van der Waals surface area contributed by atoms with Gasteiger partial charge in [-0.2, -0.15) is 0 Å². The van der Waals surface area contributed by atoms with E-state index < -0.39 is 17.4 Å². The Hall–Kier alpha value is -2.06. The number of carbonyl (C=O) groups is 1. The largest absolute Gasteiger partial charge is 0.444 e. The monoisotopic (exact) mass is 425 g/mol. The van der Waals surface area contributed by atoms with Crippen LogP contribution in [0.25, 0.3) is 0 Å². The Labute approximate surface area is 178 Å². The molecule has 0 saturated carbocycles. The van der Waals surface area contributed by atoms with E-state index in [1.54, 1.807) is 24.2 Å². The highest BCUT2D eigenvalue weighted by Crippen LogP contribution is 2.33. The van der Waals surface area contributed by atoms with E-state index in [0.717, 1.165) is 5.56 Å². The Balaban J connectivity index is 2.01. The first-order valence-electron chi connectivity index (χ1n) is 9.68. The fourth-order valence-electron chi connectivity index (χ4n) is 3.24. The SMILES string of the molecule is CN=C(NCc1ccc(Cl)nc1)NCC1C(C)OC(C)(C)N1C(=O)OC(C)(C)C. The van der Waals surface area contributed by atoms with Gasteiger partial charge in [-0.05, 0) is 53.2 Å². The highest BCUT2D eigenvalue weighted by molar-refractivity contribution is 6.29. The predicted octanol–water partition coefficient (Wildman–Crippen LogP) is 3.16. The van der Waals surface area contributed by atoms with E-state index >= 15 is 0 Å². The maximum atomic E-state index is 12.8. The lowest BCUT2D eigenvalue weighted by Crippen LogP contribution is -2.54. The number of amides is 1. The Bertz CT molecular complexity index is 731. The first kappa shape index (κ1) is 23.2. The summed E-state index contributed by atoms with van der Waals surface area (Å²) in [5.74, 6) is 0.612. The van der Waals surface area contributed by atoms with Crippen molar-refractivity contribution in [3.8, 4) is 0 Å². The summed E-state index contributed by atoms with van der Waals surface area (Å²) in [4.78, 5) is 22.8. The molecule has 0 radical (unpaired) electrons. The molecule has 2 N–H and O–H groups in total. The smallest absolute Gasteiger partial charge is 0.412 e. The van der Waals surface area contributed by atoms with Gasteiger partial charge in [0.25, 0.3) is 0 Å². The van der Waals surface area contributed by atoms with Crippen molar-refractivity contribution < 1.29 is 14.3 Å². The molecule has 1 aliphatic rings. The molecule has 8 nitrogen and oxygen atoms in total. The molecule has 29 heavy (non-hydrogen) atoms. The number of guanidine groups is 1. The van der Waals surface area contributed by atoms with Gasteiger partial charge in [0.2, 0.25) is 0 Å². The third-order valence-electron chi connectivity index (χ3n) is 4.47. The quantitative estimate of drug-likeness (QED) is 0.437. The minimum atomic E-state index is -0.764. The zero-order valence-electron chi connectivity index (χ0n) is 18.2. The van der Waals surface area contributed by atoms with E-state index in [1.165, 1.54) is 0 Å². The van der Waals surface area contributed by atoms with Crippen LogP contribution in [-0.4, -0.2) is 59.0 Å². The van der Waals surface area contributed by atoms with Crippen LogP contribution < -0.4 is 10.6 Å². The summed E-state index contributed by atoms with van der Waals surface area (Å²) >= 11 is 5.82. The normalized spacial score (nSPS) is 21.8. The molecule has 1 fully saturated rings. The van der Waals surface area contributed by atoms with E-state index in [2.05, 4.69) is 20.6 Å². The number of pyridine rings is 1. The van der Waals surface area contributed by atoms with Crippen molar-refractivity contribution in [2.75, 3.05) is 13.6 Å². The van der Waals surface area contributed by atoms with Crippen molar-refractivity contribution in [1.29, 1.82) is 0 Å². The highest BCUT2D eigenvalue weighted by atomic mass is 35.5. The number of ether oxygens (including phenoxy) is 2. The number of hydrogen-bond donors (Lipinski definition) is 2. The van der Waals surface area contributed by atoms with Crippen molar-refractivity contribution in [3.63, 3.8) is 0 Å². The molecule has 0 bridgehead atoms. The zero-order chi connectivity index (χ0) is 21.8. The molecular formula is C20H32ClN5O3. The standard InChI is InChI=1S/C20H32ClN5O3/c1-13-15(26(20(5,6)28-13)18(27)29-19(2,3)4)12-25-17(22-7)24-11-14-8-9-16(21)23-10-14/h8-10,13,15H,11-12H2,1-7H3,(H2,22,24,25). The number of nitrogens with one attached hydrogen (secondary N) is 2. The summed E-state index contributed by atoms with van der Waals surface area (Å²) in [6, 6.07) is 3.43. The summed E-state index contributed by atoms with van der Waals surface area (Å²) in [6.07, 6.45) is 1.15. The van der Waals surface area contributed by atoms with Crippen molar-refractivity contribution in [1.82, 2.24) is 20.5 Å². The van der Waals surface area contributed by atoms with Gasteiger partial charge in [0.1, 0.15) is 16.5 Å². The zero-order valence-corrected chi connectivity index (χ0v) is 19.0. The van der Waals surface area contributed by atoms with Gasteiger partial charge in [0.15, 0.2) is 5.96 Å². The van der Waals surface area contributed by atoms with E-state index in [9.17, 15) is 4.79 Å². The maximum absolute atomic E-state index is 12.8. The first-order valence-corrected chi connectivity index (χ1v) is 10.1. The lowest BCUT2D eigenvalue weighted by atomic mass is 10.1. The van der Waals surface area contributed by atoms with Gasteiger partial charge >= 0.3 is 6.09 Å². The van der Waals surface area contributed by atoms with Crippen LogP contribution >= 0.6 is 11.6 Å². The van der Waals surface area contributed by atoms with E-state index in [1.807, 2.05) is 47.6 Å². The Morgan fingerprint density at radius 2 is 2.07 bits per heavy atom. The second kappa shape index (κ2) is 9.17. The molecule has 2 atom stereocenters. The molecule has 0 aromatic carbocycles. The number of nitrogens with zero attached hydrogens (tertiary/aromatic N) is 3. The van der Waals surface area contributed by atoms with Crippen LogP contribution in [0.15, 0.2) is 23.3 Å². The Morgan fingerprint density at radius 3 is 2.62 bits per heavy atom. The molecule has 1 saturated heterocycles. The van der Waals surface area contributed by atoms with E-state index in [0.29, 0.717) is 24.2 Å². The molecule has 1 amide bonds. The molecule has 162 valence electrons. The molecule has 1 aromatic rings. The molecule has 1 aliphatic heterocycles. The molecular weight excluding hydrogens is 394 g/mol. The average Bonchev–Trinajstić information content (AvgIpc) is 2.83. The lowest BCUT2D eigenvalue weighted by molar-refractivity contribution is -0.0755. The van der Waals surface area contributed by atoms with Crippen LogP contribution in [0.2, 0.25) is 5.15 Å². The minimum absolute atomic E-state index is 0.163. The number of carbonyl (C=O) groups excluding carboxylic acids is 1. The van der Waals surface area contributed by atoms with Crippen molar-refractivity contribution >= 4 is 23.7 Å². The summed E-state index contributed by atoms with van der Waals surface area (Å²) in [7, 11) is 1.69. The van der Waals surface area contributed by atoms with Gasteiger partial charge in [-0.3, -0.25) is 9.89 Å². The minimum Gasteiger partial charge on any atom is -0.444 e. The predicted molar refractivity (Wildman–Crippen MR) is 114 cm³/mol. The molecule has 1 aromatic heterocycles. The van der Waals surface area contributed by atoms with Crippen LogP contribution in [0.3, 0.4) is 0 Å². The van der Waals surface area contributed by atoms with Crippen LogP contribution in [0, 0.1) is 0 Å². The van der Waals surface area contributed by atoms with Crippen LogP contribution in [0.4, 0.5) is 4.79 Å². The molecule has 2 rings (SSSR count). The Kier molecular flexibility index (Phi) is 7.35. The number of aromatic nitrogens is 1. The summed E-state index contributed by atoms with van der Waals surface area (Å²) in [5, 5.41) is 6.95. The molecule has 2 heterocycles. The van der Waals surface area contributed by atoms with Gasteiger partial charge < -0.3 is 20.1 Å². The molecule has 9 heteroatoms. The fourth-order valence-corrected chi connectivity index (χ4v) is 3.35. The topological polar surface area (TPSA) is 88.1 Å². The number of hydrogen-bond acceptors (Lipinski definition) is 5. The average molecular weight is 426 g/mol. The van der Waals surface area contributed by atoms with Crippen LogP contribution in [-0.2, 0) is 16.0 Å². The van der Waals surface area contributed by atoms with Crippen molar-refractivity contribution in [2.45, 2.75) is 71.6 Å². The number of halogens is 1. The maximum Gasteiger partial charge on any atom is 0.412 e. The van der Waals surface area contributed by atoms with E-state index in [-0.39, 0.29) is 12.1 Å². The van der Waals surface area contributed by atoms with Crippen molar-refractivity contribution in [2.24, 2.45) is 4.99 Å². The number of aliphatic imine (C=N–C) groups is 1. The van der Waals surface area contributed by atoms with Crippen molar-refractivity contribution in [3.05, 3.63) is 29.0 Å². The molecule has 0 aliphatic carbocycles. The third-order valence-corrected chi connectivity index (χ3v) is 4.69. The van der Waals surface area contributed by atoms with E-state index in [4.69, 9.17) is 21.1 Å². The molecule has 2 unspecified atom stereocenters. The van der Waals surface area contributed by atoms with Gasteiger partial charge in [-0.15, -0.1) is 0 Å². The summed E-state index contributed by atoms with van der Waals surface area (Å²) in [6.45, 7) is 12.2. The second-order valence-electron chi connectivity index (χ2n) is 8.48. The van der Waals surface area contributed by atoms with Crippen LogP contribution in [0.5, 0.6) is 0 Å².